The molecule has 11 atom stereocenters. The van der Waals surface area contributed by atoms with E-state index in [-0.39, 0.29) is 0 Å². The maximum atomic E-state index is 12.1. The van der Waals surface area contributed by atoms with Crippen LogP contribution in [0.4, 0.5) is 0 Å². The van der Waals surface area contributed by atoms with Crippen molar-refractivity contribution < 1.29 is 59.5 Å². The minimum atomic E-state index is -1.76. The van der Waals surface area contributed by atoms with Crippen LogP contribution >= 0.6 is 0 Å². The van der Waals surface area contributed by atoms with Gasteiger partial charge in [0.25, 0.3) is 0 Å². The fourth-order valence-electron chi connectivity index (χ4n) is 3.03. The van der Waals surface area contributed by atoms with Crippen molar-refractivity contribution in [1.29, 1.82) is 0 Å². The van der Waals surface area contributed by atoms with E-state index in [1.165, 1.54) is 0 Å². The number of hydrogen-bond acceptors (Lipinski definition) is 12. The van der Waals surface area contributed by atoms with Gasteiger partial charge in [0, 0.05) is 0 Å². The maximum absolute atomic E-state index is 12.1. The Bertz CT molecular complexity index is 531. The van der Waals surface area contributed by atoms with Crippen molar-refractivity contribution in [1.82, 2.24) is 0 Å². The van der Waals surface area contributed by atoms with E-state index in [0.29, 0.717) is 6.42 Å². The van der Waals surface area contributed by atoms with Gasteiger partial charge in [0.15, 0.2) is 18.7 Å². The first-order chi connectivity index (χ1) is 13.7. The molecule has 2 rings (SSSR count). The van der Waals surface area contributed by atoms with Crippen LogP contribution in [0.5, 0.6) is 0 Å². The minimum absolute atomic E-state index is 0.461. The Kier molecular flexibility index (Phi) is 8.72. The highest BCUT2D eigenvalue weighted by Gasteiger charge is 2.51. The average molecular weight is 426 g/mol. The van der Waals surface area contributed by atoms with Crippen LogP contribution in [0.15, 0.2) is 0 Å². The minimum Gasteiger partial charge on any atom is -0.456 e. The van der Waals surface area contributed by atoms with Crippen molar-refractivity contribution in [3.05, 3.63) is 0 Å². The molecule has 0 spiro atoms. The van der Waals surface area contributed by atoms with Gasteiger partial charge in [0.2, 0.25) is 0 Å². The molecule has 0 bridgehead atoms. The lowest BCUT2D eigenvalue weighted by Crippen LogP contribution is -2.64. The second kappa shape index (κ2) is 10.4. The van der Waals surface area contributed by atoms with Crippen molar-refractivity contribution in [3.63, 3.8) is 0 Å². The molecule has 2 heterocycles. The Morgan fingerprint density at radius 1 is 0.862 bits per heavy atom. The molecule has 2 fully saturated rings. The predicted molar refractivity (Wildman–Crippen MR) is 91.9 cm³/mol. The van der Waals surface area contributed by atoms with Crippen LogP contribution in [0.2, 0.25) is 0 Å². The third-order valence-corrected chi connectivity index (χ3v) is 5.21. The summed E-state index contributed by atoms with van der Waals surface area (Å²) in [5.41, 5.74) is 0. The molecule has 2 aliphatic heterocycles. The summed E-state index contributed by atoms with van der Waals surface area (Å²) in [5, 5.41) is 69.2. The zero-order valence-electron chi connectivity index (χ0n) is 16.1. The second-order valence-electron chi connectivity index (χ2n) is 7.25. The molecule has 11 unspecified atom stereocenters. The molecule has 170 valence electrons. The number of carbonyl (C=O) groups excluding carboxylic acids is 1. The van der Waals surface area contributed by atoms with Gasteiger partial charge in [0.1, 0.15) is 42.7 Å². The first kappa shape index (κ1) is 24.3. The second-order valence-corrected chi connectivity index (χ2v) is 7.25. The van der Waals surface area contributed by atoms with E-state index in [2.05, 4.69) is 0 Å². The van der Waals surface area contributed by atoms with Gasteiger partial charge >= 0.3 is 5.97 Å². The van der Waals surface area contributed by atoms with Gasteiger partial charge in [-0.05, 0) is 6.42 Å². The van der Waals surface area contributed by atoms with E-state index >= 15 is 0 Å². The molecule has 0 amide bonds. The molecular formula is C17H30O12. The van der Waals surface area contributed by atoms with Gasteiger partial charge in [-0.15, -0.1) is 0 Å². The van der Waals surface area contributed by atoms with E-state index < -0.39 is 86.5 Å². The molecule has 7 N–H and O–H groups in total. The number of carbonyl (C=O) groups is 1. The van der Waals surface area contributed by atoms with Crippen LogP contribution in [-0.2, 0) is 23.7 Å². The van der Waals surface area contributed by atoms with E-state index in [9.17, 15) is 40.5 Å². The molecular weight excluding hydrogens is 396 g/mol. The summed E-state index contributed by atoms with van der Waals surface area (Å²) in [5.74, 6) is -1.18. The van der Waals surface area contributed by atoms with Crippen LogP contribution < -0.4 is 0 Å². The Hall–Kier alpha value is -0.930. The van der Waals surface area contributed by atoms with E-state index in [0.717, 1.165) is 0 Å². The summed E-state index contributed by atoms with van der Waals surface area (Å²) < 4.78 is 21.0. The number of aliphatic hydroxyl groups is 7. The van der Waals surface area contributed by atoms with Crippen LogP contribution in [0.1, 0.15) is 20.3 Å². The molecule has 0 aromatic carbocycles. The van der Waals surface area contributed by atoms with Crippen LogP contribution in [-0.4, -0.2) is 116 Å². The van der Waals surface area contributed by atoms with Gasteiger partial charge in [-0.25, -0.2) is 0 Å². The Labute approximate surface area is 167 Å². The molecule has 2 saturated heterocycles. The lowest BCUT2D eigenvalue weighted by Gasteiger charge is -2.45. The Morgan fingerprint density at radius 3 is 1.90 bits per heavy atom. The van der Waals surface area contributed by atoms with Gasteiger partial charge < -0.3 is 54.7 Å². The fourth-order valence-corrected chi connectivity index (χ4v) is 3.03. The quantitative estimate of drug-likeness (QED) is 0.196. The number of hydrogen-bond donors (Lipinski definition) is 7. The number of rotatable bonds is 7. The highest BCUT2D eigenvalue weighted by molar-refractivity contribution is 5.72. The maximum Gasteiger partial charge on any atom is 0.309 e. The SMILES string of the molecule is CCC(C)C(=O)OC1C(O)C(CO)OC(OC2OC(CO)C(O)C(O)C2O)C1O. The molecule has 0 radical (unpaired) electrons. The zero-order chi connectivity index (χ0) is 21.9. The smallest absolute Gasteiger partial charge is 0.309 e. The summed E-state index contributed by atoms with van der Waals surface area (Å²) >= 11 is 0. The number of aliphatic hydroxyl groups excluding tert-OH is 7. The molecule has 12 nitrogen and oxygen atoms in total. The largest absolute Gasteiger partial charge is 0.456 e. The normalized spacial score (nSPS) is 44.3. The highest BCUT2D eigenvalue weighted by atomic mass is 16.8. The molecule has 0 aromatic heterocycles. The molecule has 0 saturated carbocycles. The number of ether oxygens (including phenoxy) is 4. The molecule has 12 heteroatoms. The topological polar surface area (TPSA) is 196 Å². The Morgan fingerprint density at radius 2 is 1.38 bits per heavy atom. The summed E-state index contributed by atoms with van der Waals surface area (Å²) in [7, 11) is 0. The van der Waals surface area contributed by atoms with Gasteiger partial charge in [0.05, 0.1) is 19.1 Å². The molecule has 2 aliphatic rings. The van der Waals surface area contributed by atoms with Crippen LogP contribution in [0.25, 0.3) is 0 Å². The average Bonchev–Trinajstić information content (AvgIpc) is 2.72. The zero-order valence-corrected chi connectivity index (χ0v) is 16.1. The van der Waals surface area contributed by atoms with Gasteiger partial charge in [-0.3, -0.25) is 4.79 Å². The predicted octanol–water partition coefficient (Wildman–Crippen LogP) is -3.80. The molecule has 0 aliphatic carbocycles. The summed E-state index contributed by atoms with van der Waals surface area (Å²) in [4.78, 5) is 12.1. The lowest BCUT2D eigenvalue weighted by atomic mass is 9.97. The van der Waals surface area contributed by atoms with Gasteiger partial charge in [-0.1, -0.05) is 13.8 Å². The highest BCUT2D eigenvalue weighted by Crippen LogP contribution is 2.29. The Balaban J connectivity index is 2.15. The van der Waals surface area contributed by atoms with E-state index in [4.69, 9.17) is 18.9 Å². The first-order valence-corrected chi connectivity index (χ1v) is 9.45. The van der Waals surface area contributed by atoms with Crippen molar-refractivity contribution in [3.8, 4) is 0 Å². The van der Waals surface area contributed by atoms with Gasteiger partial charge in [-0.2, -0.15) is 0 Å². The van der Waals surface area contributed by atoms with Crippen molar-refractivity contribution >= 4 is 5.97 Å². The van der Waals surface area contributed by atoms with Crippen molar-refractivity contribution in [2.24, 2.45) is 5.92 Å². The summed E-state index contributed by atoms with van der Waals surface area (Å²) in [6, 6.07) is 0. The van der Waals surface area contributed by atoms with Crippen molar-refractivity contribution in [2.75, 3.05) is 13.2 Å². The monoisotopic (exact) mass is 426 g/mol. The van der Waals surface area contributed by atoms with Crippen LogP contribution in [0, 0.1) is 5.92 Å². The van der Waals surface area contributed by atoms with Crippen LogP contribution in [0.3, 0.4) is 0 Å². The molecule has 0 aromatic rings. The summed E-state index contributed by atoms with van der Waals surface area (Å²) in [6.45, 7) is 1.97. The first-order valence-electron chi connectivity index (χ1n) is 9.45. The standard InChI is InChI=1S/C17H30O12/c1-3-6(2)15(25)28-14-10(21)8(5-19)27-17(13(14)24)29-16-12(23)11(22)9(20)7(4-18)26-16/h6-14,16-24H,3-5H2,1-2H3. The fraction of sp³-hybridized carbons (Fsp3) is 0.941. The lowest BCUT2D eigenvalue weighted by molar-refractivity contribution is -0.376. The van der Waals surface area contributed by atoms with E-state index in [1.54, 1.807) is 13.8 Å². The van der Waals surface area contributed by atoms with Crippen molar-refractivity contribution in [2.45, 2.75) is 81.7 Å². The third-order valence-electron chi connectivity index (χ3n) is 5.21. The summed E-state index contributed by atoms with van der Waals surface area (Å²) in [6.07, 6.45) is -15.2. The molecule has 29 heavy (non-hydrogen) atoms. The third kappa shape index (κ3) is 5.22. The number of esters is 1. The van der Waals surface area contributed by atoms with E-state index in [1.807, 2.05) is 0 Å².